The fourth-order valence-corrected chi connectivity index (χ4v) is 2.72. The summed E-state index contributed by atoms with van der Waals surface area (Å²) < 4.78 is 21.5. The zero-order chi connectivity index (χ0) is 18.1. The predicted molar refractivity (Wildman–Crippen MR) is 92.2 cm³/mol. The van der Waals surface area contributed by atoms with E-state index in [4.69, 9.17) is 18.9 Å². The highest BCUT2D eigenvalue weighted by Gasteiger charge is 2.19. The van der Waals surface area contributed by atoms with Crippen LogP contribution in [0.4, 0.5) is 0 Å². The Bertz CT molecular complexity index is 983. The molecule has 0 bridgehead atoms. The lowest BCUT2D eigenvalue weighted by Gasteiger charge is -2.10. The molecule has 4 rings (SSSR count). The number of carboxylic acid groups (broad SMARTS) is 1. The quantitative estimate of drug-likeness (QED) is 0.753. The van der Waals surface area contributed by atoms with Gasteiger partial charge in [-0.25, -0.2) is 9.78 Å². The molecule has 7 nitrogen and oxygen atoms in total. The van der Waals surface area contributed by atoms with Gasteiger partial charge in [0, 0.05) is 11.5 Å². The summed E-state index contributed by atoms with van der Waals surface area (Å²) in [5.41, 5.74) is 1.04. The van der Waals surface area contributed by atoms with Gasteiger partial charge in [0.1, 0.15) is 18.1 Å². The number of aromatic nitrogens is 1. The van der Waals surface area contributed by atoms with E-state index in [-0.39, 0.29) is 19.0 Å². The molecule has 0 saturated carbocycles. The number of nitrogens with zero attached hydrogens (tertiary/aromatic N) is 1. The molecule has 0 saturated heterocycles. The second-order valence-electron chi connectivity index (χ2n) is 5.65. The van der Waals surface area contributed by atoms with Gasteiger partial charge < -0.3 is 24.1 Å². The Morgan fingerprint density at radius 2 is 1.81 bits per heavy atom. The van der Waals surface area contributed by atoms with Crippen molar-refractivity contribution in [3.63, 3.8) is 0 Å². The van der Waals surface area contributed by atoms with Crippen molar-refractivity contribution < 1.29 is 28.8 Å². The van der Waals surface area contributed by atoms with Crippen LogP contribution in [0, 0.1) is 0 Å². The SMILES string of the molecule is COc1ccc(OCc2nc3cc4c(cc3cc2C(=O)O)OCO4)cc1. The van der Waals surface area contributed by atoms with Crippen molar-refractivity contribution in [1.82, 2.24) is 4.98 Å². The first-order valence-corrected chi connectivity index (χ1v) is 7.87. The second-order valence-corrected chi connectivity index (χ2v) is 5.65. The van der Waals surface area contributed by atoms with Crippen molar-refractivity contribution in [3.05, 3.63) is 53.7 Å². The van der Waals surface area contributed by atoms with Gasteiger partial charge in [-0.1, -0.05) is 0 Å². The van der Waals surface area contributed by atoms with Crippen LogP contribution in [0.2, 0.25) is 0 Å². The lowest BCUT2D eigenvalue weighted by molar-refractivity contribution is 0.0693. The van der Waals surface area contributed by atoms with Crippen LogP contribution in [-0.4, -0.2) is 30.0 Å². The van der Waals surface area contributed by atoms with E-state index in [0.29, 0.717) is 39.6 Å². The van der Waals surface area contributed by atoms with Crippen LogP contribution in [0.1, 0.15) is 16.1 Å². The molecule has 0 radical (unpaired) electrons. The molecule has 132 valence electrons. The molecule has 26 heavy (non-hydrogen) atoms. The first kappa shape index (κ1) is 16.0. The van der Waals surface area contributed by atoms with Crippen LogP contribution in [0.15, 0.2) is 42.5 Å². The number of aromatic carboxylic acids is 1. The van der Waals surface area contributed by atoms with Gasteiger partial charge in [-0.3, -0.25) is 0 Å². The summed E-state index contributed by atoms with van der Waals surface area (Å²) >= 11 is 0. The number of benzene rings is 2. The van der Waals surface area contributed by atoms with E-state index in [9.17, 15) is 9.90 Å². The van der Waals surface area contributed by atoms with Gasteiger partial charge in [0.05, 0.1) is 23.9 Å². The fourth-order valence-electron chi connectivity index (χ4n) is 2.72. The third-order valence-corrected chi connectivity index (χ3v) is 4.05. The van der Waals surface area contributed by atoms with E-state index in [1.54, 1.807) is 49.6 Å². The number of methoxy groups -OCH3 is 1. The van der Waals surface area contributed by atoms with Crippen LogP contribution in [0.3, 0.4) is 0 Å². The highest BCUT2D eigenvalue weighted by atomic mass is 16.7. The lowest BCUT2D eigenvalue weighted by atomic mass is 10.1. The zero-order valence-electron chi connectivity index (χ0n) is 13.9. The average Bonchev–Trinajstić information content (AvgIpc) is 3.11. The van der Waals surface area contributed by atoms with E-state index in [2.05, 4.69) is 4.98 Å². The van der Waals surface area contributed by atoms with Crippen molar-refractivity contribution in [2.75, 3.05) is 13.9 Å². The number of ether oxygens (including phenoxy) is 4. The van der Waals surface area contributed by atoms with Crippen LogP contribution in [0.5, 0.6) is 23.0 Å². The number of hydrogen-bond acceptors (Lipinski definition) is 6. The molecular formula is C19H15NO6. The topological polar surface area (TPSA) is 87.1 Å². The van der Waals surface area contributed by atoms with Crippen LogP contribution >= 0.6 is 0 Å². The molecule has 1 N–H and O–H groups in total. The van der Waals surface area contributed by atoms with Gasteiger partial charge in [0.15, 0.2) is 11.5 Å². The average molecular weight is 353 g/mol. The molecule has 0 amide bonds. The number of hydrogen-bond donors (Lipinski definition) is 1. The molecule has 0 atom stereocenters. The normalized spacial score (nSPS) is 12.2. The van der Waals surface area contributed by atoms with Crippen LogP contribution < -0.4 is 18.9 Å². The summed E-state index contributed by atoms with van der Waals surface area (Å²) in [5, 5.41) is 10.2. The molecule has 1 aromatic heterocycles. The Morgan fingerprint density at radius 3 is 2.50 bits per heavy atom. The fraction of sp³-hybridized carbons (Fsp3) is 0.158. The van der Waals surface area contributed by atoms with E-state index in [0.717, 1.165) is 0 Å². The standard InChI is InChI=1S/C19H15NO6/c1-23-12-2-4-13(5-3-12)24-9-16-14(19(21)22)6-11-7-17-18(26-10-25-17)8-15(11)20-16/h2-8H,9-10H2,1H3,(H,21,22). The minimum atomic E-state index is -1.06. The summed E-state index contributed by atoms with van der Waals surface area (Å²) in [4.78, 5) is 16.1. The molecule has 2 aromatic carbocycles. The number of rotatable bonds is 5. The van der Waals surface area contributed by atoms with Gasteiger partial charge >= 0.3 is 5.97 Å². The Morgan fingerprint density at radius 1 is 1.12 bits per heavy atom. The monoisotopic (exact) mass is 353 g/mol. The number of pyridine rings is 1. The molecule has 0 fully saturated rings. The van der Waals surface area contributed by atoms with Gasteiger partial charge in [-0.2, -0.15) is 0 Å². The zero-order valence-corrected chi connectivity index (χ0v) is 13.9. The third-order valence-electron chi connectivity index (χ3n) is 4.05. The minimum Gasteiger partial charge on any atom is -0.497 e. The van der Waals surface area contributed by atoms with E-state index < -0.39 is 5.97 Å². The second kappa shape index (κ2) is 6.44. The van der Waals surface area contributed by atoms with Gasteiger partial charge in [-0.05, 0) is 36.4 Å². The maximum Gasteiger partial charge on any atom is 0.337 e. The molecular weight excluding hydrogens is 338 g/mol. The molecule has 3 aromatic rings. The molecule has 0 aliphatic carbocycles. The first-order valence-electron chi connectivity index (χ1n) is 7.87. The number of carboxylic acids is 1. The maximum atomic E-state index is 11.6. The Kier molecular flexibility index (Phi) is 3.96. The molecule has 1 aliphatic rings. The first-order chi connectivity index (χ1) is 12.6. The molecule has 0 unspecified atom stereocenters. The molecule has 0 spiro atoms. The van der Waals surface area contributed by atoms with E-state index in [1.165, 1.54) is 0 Å². The Hall–Kier alpha value is -3.48. The third kappa shape index (κ3) is 2.95. The van der Waals surface area contributed by atoms with Gasteiger partial charge in [0.25, 0.3) is 0 Å². The van der Waals surface area contributed by atoms with Gasteiger partial charge in [0.2, 0.25) is 6.79 Å². The summed E-state index contributed by atoms with van der Waals surface area (Å²) in [5.74, 6) is 1.41. The van der Waals surface area contributed by atoms with Crippen LogP contribution in [-0.2, 0) is 6.61 Å². The summed E-state index contributed by atoms with van der Waals surface area (Å²) in [6, 6.07) is 12.1. The molecule has 7 heteroatoms. The van der Waals surface area contributed by atoms with E-state index in [1.807, 2.05) is 0 Å². The van der Waals surface area contributed by atoms with Gasteiger partial charge in [-0.15, -0.1) is 0 Å². The molecule has 1 aliphatic heterocycles. The summed E-state index contributed by atoms with van der Waals surface area (Å²) in [6.45, 7) is 0.170. The van der Waals surface area contributed by atoms with Crippen molar-refractivity contribution in [3.8, 4) is 23.0 Å². The van der Waals surface area contributed by atoms with Crippen molar-refractivity contribution in [2.24, 2.45) is 0 Å². The number of carbonyl (C=O) groups is 1. The minimum absolute atomic E-state index is 0.0261. The number of fused-ring (bicyclic) bond motifs is 2. The maximum absolute atomic E-state index is 11.6. The summed E-state index contributed by atoms with van der Waals surface area (Å²) in [7, 11) is 1.58. The largest absolute Gasteiger partial charge is 0.497 e. The summed E-state index contributed by atoms with van der Waals surface area (Å²) in [6.07, 6.45) is 0. The smallest absolute Gasteiger partial charge is 0.337 e. The highest BCUT2D eigenvalue weighted by Crippen LogP contribution is 2.36. The Balaban J connectivity index is 1.66. The predicted octanol–water partition coefficient (Wildman–Crippen LogP) is 3.25. The Labute approximate surface area is 148 Å². The van der Waals surface area contributed by atoms with E-state index >= 15 is 0 Å². The van der Waals surface area contributed by atoms with Crippen LogP contribution in [0.25, 0.3) is 10.9 Å². The highest BCUT2D eigenvalue weighted by molar-refractivity contribution is 5.95. The van der Waals surface area contributed by atoms with Crippen molar-refractivity contribution in [1.29, 1.82) is 0 Å². The molecule has 2 heterocycles. The van der Waals surface area contributed by atoms with Crippen molar-refractivity contribution in [2.45, 2.75) is 6.61 Å². The lowest BCUT2D eigenvalue weighted by Crippen LogP contribution is -2.08. The van der Waals surface area contributed by atoms with Crippen molar-refractivity contribution >= 4 is 16.9 Å².